The molecule has 144 valence electrons. The summed E-state index contributed by atoms with van der Waals surface area (Å²) < 4.78 is 5.46. The molecule has 1 aliphatic heterocycles. The zero-order valence-electron chi connectivity index (χ0n) is 16.2. The smallest absolute Gasteiger partial charge is 0.259 e. The van der Waals surface area contributed by atoms with E-state index in [1.165, 1.54) is 30.8 Å². The number of likely N-dealkylation sites (tertiary alicyclic amines) is 1. The third-order valence-electron chi connectivity index (χ3n) is 4.77. The van der Waals surface area contributed by atoms with Gasteiger partial charge in [-0.25, -0.2) is 0 Å². The van der Waals surface area contributed by atoms with Crippen LogP contribution >= 0.6 is 0 Å². The Bertz CT molecular complexity index is 596. The van der Waals surface area contributed by atoms with Crippen LogP contribution in [0.1, 0.15) is 36.5 Å². The van der Waals surface area contributed by atoms with E-state index in [0.29, 0.717) is 17.9 Å². The molecule has 1 saturated heterocycles. The number of carbonyl (C=O) groups excluding carboxylic acids is 2. The van der Waals surface area contributed by atoms with Gasteiger partial charge in [0.05, 0.1) is 0 Å². The van der Waals surface area contributed by atoms with Gasteiger partial charge in [0.1, 0.15) is 5.75 Å². The van der Waals surface area contributed by atoms with E-state index in [2.05, 4.69) is 17.1 Å². The summed E-state index contributed by atoms with van der Waals surface area (Å²) in [5.74, 6) is 1.14. The fourth-order valence-corrected chi connectivity index (χ4v) is 2.89. The average molecular weight is 361 g/mol. The number of ether oxygens (including phenoxy) is 1. The predicted molar refractivity (Wildman–Crippen MR) is 102 cm³/mol. The number of likely N-dealkylation sites (N-methyl/N-ethyl adjacent to an activating group) is 1. The van der Waals surface area contributed by atoms with Crippen molar-refractivity contribution in [3.63, 3.8) is 0 Å². The van der Waals surface area contributed by atoms with E-state index in [4.69, 9.17) is 4.74 Å². The number of nitrogens with zero attached hydrogens (tertiary/aromatic N) is 2. The highest BCUT2D eigenvalue weighted by Gasteiger charge is 2.15. The van der Waals surface area contributed by atoms with Crippen molar-refractivity contribution in [2.75, 3.05) is 46.9 Å². The van der Waals surface area contributed by atoms with E-state index in [1.807, 2.05) is 0 Å². The lowest BCUT2D eigenvalue weighted by Gasteiger charge is -2.30. The first-order valence-electron chi connectivity index (χ1n) is 9.39. The number of hydrogen-bond donors (Lipinski definition) is 1. The Kier molecular flexibility index (Phi) is 7.91. The lowest BCUT2D eigenvalue weighted by atomic mass is 9.99. The van der Waals surface area contributed by atoms with Crippen molar-refractivity contribution in [1.82, 2.24) is 15.1 Å². The van der Waals surface area contributed by atoms with Crippen LogP contribution in [-0.4, -0.2) is 68.5 Å². The summed E-state index contributed by atoms with van der Waals surface area (Å²) in [5.41, 5.74) is 0.548. The molecule has 6 nitrogen and oxygen atoms in total. The van der Waals surface area contributed by atoms with Crippen LogP contribution in [0.15, 0.2) is 24.3 Å². The van der Waals surface area contributed by atoms with Crippen LogP contribution in [-0.2, 0) is 4.79 Å². The minimum Gasteiger partial charge on any atom is -0.484 e. The lowest BCUT2D eigenvalue weighted by molar-refractivity contribution is -0.130. The van der Waals surface area contributed by atoms with Crippen LogP contribution in [0.3, 0.4) is 0 Å². The largest absolute Gasteiger partial charge is 0.484 e. The molecule has 1 aromatic carbocycles. The third-order valence-corrected chi connectivity index (χ3v) is 4.77. The van der Waals surface area contributed by atoms with Gasteiger partial charge in [0.2, 0.25) is 0 Å². The fourth-order valence-electron chi connectivity index (χ4n) is 2.89. The molecule has 0 spiro atoms. The van der Waals surface area contributed by atoms with Crippen molar-refractivity contribution in [3.8, 4) is 5.75 Å². The van der Waals surface area contributed by atoms with Crippen LogP contribution in [0.5, 0.6) is 5.75 Å². The van der Waals surface area contributed by atoms with Crippen molar-refractivity contribution in [2.24, 2.45) is 5.92 Å². The number of rotatable bonds is 8. The zero-order valence-corrected chi connectivity index (χ0v) is 16.2. The molecule has 1 heterocycles. The normalized spacial score (nSPS) is 15.5. The lowest BCUT2D eigenvalue weighted by Crippen LogP contribution is -2.35. The highest BCUT2D eigenvalue weighted by molar-refractivity contribution is 5.94. The fraction of sp³-hybridized carbons (Fsp3) is 0.600. The van der Waals surface area contributed by atoms with E-state index in [9.17, 15) is 9.59 Å². The maximum Gasteiger partial charge on any atom is 0.259 e. The summed E-state index contributed by atoms with van der Waals surface area (Å²) in [6.07, 6.45) is 3.50. The maximum absolute atomic E-state index is 12.3. The van der Waals surface area contributed by atoms with Crippen LogP contribution in [0, 0.1) is 5.92 Å². The Hall–Kier alpha value is -2.08. The second-order valence-corrected chi connectivity index (χ2v) is 7.24. The van der Waals surface area contributed by atoms with E-state index < -0.39 is 0 Å². The molecule has 0 saturated carbocycles. The second kappa shape index (κ2) is 10.2. The Balaban J connectivity index is 1.71. The standard InChI is InChI=1S/C20H31N3O3/c1-16-8-12-23(13-9-16)11-5-10-21-20(25)17-6-4-7-18(14-17)26-15-19(24)22(2)3/h4,6-7,14,16H,5,8-13,15H2,1-3H3,(H,21,25). The summed E-state index contributed by atoms with van der Waals surface area (Å²) in [6, 6.07) is 6.93. The molecule has 26 heavy (non-hydrogen) atoms. The van der Waals surface area contributed by atoms with Crippen LogP contribution < -0.4 is 10.1 Å². The molecule has 1 aromatic rings. The van der Waals surface area contributed by atoms with Crippen LogP contribution in [0.25, 0.3) is 0 Å². The second-order valence-electron chi connectivity index (χ2n) is 7.24. The van der Waals surface area contributed by atoms with Crippen molar-refractivity contribution in [1.29, 1.82) is 0 Å². The van der Waals surface area contributed by atoms with Gasteiger partial charge in [0.15, 0.2) is 6.61 Å². The molecule has 1 N–H and O–H groups in total. The quantitative estimate of drug-likeness (QED) is 0.720. The Labute approximate surface area is 156 Å². The van der Waals surface area contributed by atoms with Crippen molar-refractivity contribution in [3.05, 3.63) is 29.8 Å². The number of piperidine rings is 1. The van der Waals surface area contributed by atoms with Crippen molar-refractivity contribution >= 4 is 11.8 Å². The average Bonchev–Trinajstić information content (AvgIpc) is 2.64. The first kappa shape index (κ1) is 20.2. The molecule has 0 unspecified atom stereocenters. The molecule has 0 aromatic heterocycles. The first-order chi connectivity index (χ1) is 12.5. The number of amides is 2. The molecule has 0 atom stereocenters. The minimum absolute atomic E-state index is 0.0352. The molecule has 1 aliphatic rings. The molecule has 6 heteroatoms. The molecular weight excluding hydrogens is 330 g/mol. The number of hydrogen-bond acceptors (Lipinski definition) is 4. The van der Waals surface area contributed by atoms with Gasteiger partial charge in [-0.2, -0.15) is 0 Å². The predicted octanol–water partition coefficient (Wildman–Crippen LogP) is 2.01. The van der Waals surface area contributed by atoms with Gasteiger partial charge in [0, 0.05) is 26.2 Å². The van der Waals surface area contributed by atoms with E-state index >= 15 is 0 Å². The topological polar surface area (TPSA) is 61.9 Å². The van der Waals surface area contributed by atoms with Gasteiger partial charge < -0.3 is 19.9 Å². The highest BCUT2D eigenvalue weighted by atomic mass is 16.5. The highest BCUT2D eigenvalue weighted by Crippen LogP contribution is 2.16. The van der Waals surface area contributed by atoms with Gasteiger partial charge in [-0.15, -0.1) is 0 Å². The number of nitrogens with one attached hydrogen (secondary N) is 1. The molecule has 0 radical (unpaired) electrons. The third kappa shape index (κ3) is 6.67. The van der Waals surface area contributed by atoms with Gasteiger partial charge >= 0.3 is 0 Å². The Morgan fingerprint density at radius 1 is 1.27 bits per heavy atom. The van der Waals surface area contributed by atoms with E-state index in [1.54, 1.807) is 38.4 Å². The summed E-state index contributed by atoms with van der Waals surface area (Å²) in [4.78, 5) is 27.8. The summed E-state index contributed by atoms with van der Waals surface area (Å²) in [5, 5.41) is 2.96. The van der Waals surface area contributed by atoms with Gasteiger partial charge in [0.25, 0.3) is 11.8 Å². The Morgan fingerprint density at radius 2 is 2.00 bits per heavy atom. The van der Waals surface area contributed by atoms with Gasteiger partial charge in [-0.1, -0.05) is 13.0 Å². The van der Waals surface area contributed by atoms with Crippen molar-refractivity contribution < 1.29 is 14.3 Å². The number of benzene rings is 1. The molecule has 0 aliphatic carbocycles. The Morgan fingerprint density at radius 3 is 2.69 bits per heavy atom. The molecule has 2 amide bonds. The molecular formula is C20H31N3O3. The van der Waals surface area contributed by atoms with E-state index in [-0.39, 0.29) is 18.4 Å². The van der Waals surface area contributed by atoms with Crippen molar-refractivity contribution in [2.45, 2.75) is 26.2 Å². The first-order valence-corrected chi connectivity index (χ1v) is 9.39. The van der Waals surface area contributed by atoms with Crippen LogP contribution in [0.2, 0.25) is 0 Å². The van der Waals surface area contributed by atoms with Crippen LogP contribution in [0.4, 0.5) is 0 Å². The van der Waals surface area contributed by atoms with E-state index in [0.717, 1.165) is 18.9 Å². The molecule has 0 bridgehead atoms. The van der Waals surface area contributed by atoms with Gasteiger partial charge in [-0.3, -0.25) is 9.59 Å². The number of carbonyl (C=O) groups is 2. The maximum atomic E-state index is 12.3. The summed E-state index contributed by atoms with van der Waals surface area (Å²) in [7, 11) is 3.36. The zero-order chi connectivity index (χ0) is 18.9. The minimum atomic E-state index is -0.119. The molecule has 2 rings (SSSR count). The monoisotopic (exact) mass is 361 g/mol. The summed E-state index contributed by atoms with van der Waals surface area (Å²) >= 11 is 0. The van der Waals surface area contributed by atoms with Gasteiger partial charge in [-0.05, 0) is 63.0 Å². The summed E-state index contributed by atoms with van der Waals surface area (Å²) in [6.45, 7) is 6.30. The molecule has 1 fully saturated rings. The SMILES string of the molecule is CC1CCN(CCCNC(=O)c2cccc(OCC(=O)N(C)C)c2)CC1.